The van der Waals surface area contributed by atoms with Crippen molar-refractivity contribution in [1.29, 1.82) is 0 Å². The van der Waals surface area contributed by atoms with Crippen LogP contribution in [0.4, 0.5) is 0 Å². The third-order valence-corrected chi connectivity index (χ3v) is 4.23. The Hall–Kier alpha value is -0.830. The van der Waals surface area contributed by atoms with E-state index in [1.54, 1.807) is 0 Å². The predicted octanol–water partition coefficient (Wildman–Crippen LogP) is 3.07. The minimum Gasteiger partial charge on any atom is -0.335 e. The Labute approximate surface area is 104 Å². The molecule has 2 fully saturated rings. The smallest absolute Gasteiger partial charge is 0.254 e. The van der Waals surface area contributed by atoms with E-state index in [9.17, 15) is 4.79 Å². The Morgan fingerprint density at radius 1 is 1.38 bits per heavy atom. The van der Waals surface area contributed by atoms with Crippen LogP contribution in [0.15, 0.2) is 28.7 Å². The molecule has 2 unspecified atom stereocenters. The average molecular weight is 280 g/mol. The number of benzene rings is 1. The molecule has 1 aliphatic carbocycles. The number of carbonyl (C=O) groups is 1. The molecule has 2 aliphatic rings. The van der Waals surface area contributed by atoms with Crippen LogP contribution in [-0.4, -0.2) is 23.4 Å². The lowest BCUT2D eigenvalue weighted by molar-refractivity contribution is 0.0703. The summed E-state index contributed by atoms with van der Waals surface area (Å²) in [5.74, 6) is 0.967. The van der Waals surface area contributed by atoms with Gasteiger partial charge in [0.25, 0.3) is 5.91 Å². The van der Waals surface area contributed by atoms with Gasteiger partial charge in [-0.25, -0.2) is 0 Å². The second kappa shape index (κ2) is 3.88. The molecule has 16 heavy (non-hydrogen) atoms. The second-order valence-corrected chi connectivity index (χ2v) is 5.72. The van der Waals surface area contributed by atoms with Gasteiger partial charge in [-0.15, -0.1) is 0 Å². The number of hydrogen-bond donors (Lipinski definition) is 0. The zero-order valence-corrected chi connectivity index (χ0v) is 10.6. The van der Waals surface area contributed by atoms with Crippen LogP contribution in [0.3, 0.4) is 0 Å². The molecule has 1 saturated carbocycles. The van der Waals surface area contributed by atoms with E-state index in [4.69, 9.17) is 0 Å². The maximum atomic E-state index is 12.3. The van der Waals surface area contributed by atoms with E-state index in [-0.39, 0.29) is 5.91 Å². The Balaban J connectivity index is 1.83. The van der Waals surface area contributed by atoms with Crippen molar-refractivity contribution in [2.24, 2.45) is 5.92 Å². The normalized spacial score (nSPS) is 27.4. The first-order chi connectivity index (χ1) is 7.74. The number of amides is 1. The van der Waals surface area contributed by atoms with Crippen LogP contribution in [0, 0.1) is 5.92 Å². The molecule has 0 spiro atoms. The van der Waals surface area contributed by atoms with Crippen molar-refractivity contribution in [3.63, 3.8) is 0 Å². The third-order valence-electron chi connectivity index (χ3n) is 3.74. The molecule has 3 rings (SSSR count). The minimum absolute atomic E-state index is 0.202. The van der Waals surface area contributed by atoms with Gasteiger partial charge in [-0.1, -0.05) is 22.0 Å². The summed E-state index contributed by atoms with van der Waals surface area (Å²) >= 11 is 3.41. The van der Waals surface area contributed by atoms with Gasteiger partial charge < -0.3 is 4.90 Å². The quantitative estimate of drug-likeness (QED) is 0.774. The van der Waals surface area contributed by atoms with Crippen LogP contribution >= 0.6 is 15.9 Å². The van der Waals surface area contributed by atoms with Gasteiger partial charge in [-0.05, 0) is 43.4 Å². The molecule has 1 heterocycles. The van der Waals surface area contributed by atoms with Crippen molar-refractivity contribution in [3.05, 3.63) is 34.3 Å². The number of fused-ring (bicyclic) bond motifs is 2. The van der Waals surface area contributed by atoms with Crippen LogP contribution in [0.25, 0.3) is 0 Å². The van der Waals surface area contributed by atoms with Crippen molar-refractivity contribution in [3.8, 4) is 0 Å². The number of nitrogens with zero attached hydrogens (tertiary/aromatic N) is 1. The molecular formula is C13H14BrNO. The molecule has 1 aromatic rings. The van der Waals surface area contributed by atoms with E-state index in [0.717, 1.165) is 22.5 Å². The van der Waals surface area contributed by atoms with Gasteiger partial charge in [-0.3, -0.25) is 4.79 Å². The monoisotopic (exact) mass is 279 g/mol. The molecule has 0 aromatic heterocycles. The first-order valence-corrected chi connectivity index (χ1v) is 6.60. The maximum Gasteiger partial charge on any atom is 0.254 e. The minimum atomic E-state index is 0.202. The van der Waals surface area contributed by atoms with Gasteiger partial charge in [0.2, 0.25) is 0 Å². The van der Waals surface area contributed by atoms with E-state index in [0.29, 0.717) is 6.04 Å². The number of piperidine rings is 1. The molecule has 1 aliphatic heterocycles. The molecule has 1 aromatic carbocycles. The second-order valence-electron chi connectivity index (χ2n) is 4.80. The van der Waals surface area contributed by atoms with Crippen LogP contribution in [0.5, 0.6) is 0 Å². The topological polar surface area (TPSA) is 20.3 Å². The number of halogens is 1. The zero-order chi connectivity index (χ0) is 11.1. The zero-order valence-electron chi connectivity index (χ0n) is 9.03. The fourth-order valence-electron chi connectivity index (χ4n) is 2.96. The molecule has 0 radical (unpaired) electrons. The highest BCUT2D eigenvalue weighted by atomic mass is 79.9. The molecule has 1 saturated heterocycles. The van der Waals surface area contributed by atoms with Crippen molar-refractivity contribution in [2.75, 3.05) is 6.54 Å². The van der Waals surface area contributed by atoms with Gasteiger partial charge in [0.05, 0.1) is 0 Å². The van der Waals surface area contributed by atoms with Crippen molar-refractivity contribution >= 4 is 21.8 Å². The summed E-state index contributed by atoms with van der Waals surface area (Å²) in [6.45, 7) is 0.968. The summed E-state index contributed by atoms with van der Waals surface area (Å²) in [4.78, 5) is 14.4. The van der Waals surface area contributed by atoms with Crippen molar-refractivity contribution in [2.45, 2.75) is 25.3 Å². The average Bonchev–Trinajstić information content (AvgIpc) is 2.89. The fourth-order valence-corrected chi connectivity index (χ4v) is 3.36. The molecule has 1 amide bonds. The van der Waals surface area contributed by atoms with Gasteiger partial charge in [-0.2, -0.15) is 0 Å². The fraction of sp³-hybridized carbons (Fsp3) is 0.462. The van der Waals surface area contributed by atoms with E-state index >= 15 is 0 Å². The van der Waals surface area contributed by atoms with E-state index < -0.39 is 0 Å². The number of likely N-dealkylation sites (tertiary alicyclic amines) is 1. The van der Waals surface area contributed by atoms with Crippen molar-refractivity contribution in [1.82, 2.24) is 4.90 Å². The largest absolute Gasteiger partial charge is 0.335 e. The molecular weight excluding hydrogens is 266 g/mol. The highest BCUT2D eigenvalue weighted by Crippen LogP contribution is 2.38. The van der Waals surface area contributed by atoms with Crippen LogP contribution in [0.2, 0.25) is 0 Å². The Morgan fingerprint density at radius 2 is 2.25 bits per heavy atom. The lowest BCUT2D eigenvalue weighted by Crippen LogP contribution is -2.37. The lowest BCUT2D eigenvalue weighted by atomic mass is 10.1. The molecule has 2 bridgehead atoms. The lowest BCUT2D eigenvalue weighted by Gasteiger charge is -2.27. The standard InChI is InChI=1S/C13H14BrNO/c14-11-3-1-2-10(7-11)13(16)15-8-9-4-5-12(15)6-9/h1-3,7,9,12H,4-6,8H2. The number of rotatable bonds is 1. The summed E-state index contributed by atoms with van der Waals surface area (Å²) < 4.78 is 0.975. The Bertz CT molecular complexity index is 432. The Morgan fingerprint density at radius 3 is 2.88 bits per heavy atom. The van der Waals surface area contributed by atoms with E-state index in [1.165, 1.54) is 19.3 Å². The van der Waals surface area contributed by atoms with Crippen LogP contribution in [0.1, 0.15) is 29.6 Å². The van der Waals surface area contributed by atoms with Gasteiger partial charge in [0.1, 0.15) is 0 Å². The summed E-state index contributed by atoms with van der Waals surface area (Å²) in [5, 5.41) is 0. The predicted molar refractivity (Wildman–Crippen MR) is 66.3 cm³/mol. The molecule has 2 nitrogen and oxygen atoms in total. The van der Waals surface area contributed by atoms with E-state index in [1.807, 2.05) is 24.3 Å². The Kier molecular flexibility index (Phi) is 2.51. The summed E-state index contributed by atoms with van der Waals surface area (Å²) in [6, 6.07) is 8.20. The molecule has 0 N–H and O–H groups in total. The van der Waals surface area contributed by atoms with Crippen molar-refractivity contribution < 1.29 is 4.79 Å². The molecule has 2 atom stereocenters. The third kappa shape index (κ3) is 1.67. The van der Waals surface area contributed by atoms with Gasteiger partial charge >= 0.3 is 0 Å². The first kappa shape index (κ1) is 10.3. The van der Waals surface area contributed by atoms with Gasteiger partial charge in [0, 0.05) is 22.6 Å². The first-order valence-electron chi connectivity index (χ1n) is 5.80. The number of carbonyl (C=O) groups excluding carboxylic acids is 1. The van der Waals surface area contributed by atoms with Gasteiger partial charge in [0.15, 0.2) is 0 Å². The maximum absolute atomic E-state index is 12.3. The van der Waals surface area contributed by atoms with Crippen LogP contribution < -0.4 is 0 Å². The molecule has 3 heteroatoms. The highest BCUT2D eigenvalue weighted by molar-refractivity contribution is 9.10. The van der Waals surface area contributed by atoms with Crippen LogP contribution in [-0.2, 0) is 0 Å². The SMILES string of the molecule is O=C(c1cccc(Br)c1)N1CC2CCC1C2. The highest BCUT2D eigenvalue weighted by Gasteiger charge is 2.40. The summed E-state index contributed by atoms with van der Waals surface area (Å²) in [6.07, 6.45) is 3.73. The number of hydrogen-bond acceptors (Lipinski definition) is 1. The summed E-state index contributed by atoms with van der Waals surface area (Å²) in [7, 11) is 0. The summed E-state index contributed by atoms with van der Waals surface area (Å²) in [5.41, 5.74) is 0.807. The van der Waals surface area contributed by atoms with E-state index in [2.05, 4.69) is 20.8 Å². The molecule has 84 valence electrons.